The summed E-state index contributed by atoms with van der Waals surface area (Å²) in [5, 5.41) is 12.4. The number of hydrogen-bond donors (Lipinski definition) is 1. The van der Waals surface area contributed by atoms with E-state index in [9.17, 15) is 4.79 Å². The highest BCUT2D eigenvalue weighted by molar-refractivity contribution is 7.99. The first-order chi connectivity index (χ1) is 15.2. The van der Waals surface area contributed by atoms with Gasteiger partial charge in [0.2, 0.25) is 5.91 Å². The molecule has 0 fully saturated rings. The fraction of sp³-hybridized carbons (Fsp3) is 0.174. The van der Waals surface area contributed by atoms with Crippen molar-refractivity contribution < 1.29 is 13.9 Å². The minimum atomic E-state index is -0.0359. The van der Waals surface area contributed by atoms with Crippen LogP contribution in [0.2, 0.25) is 0 Å². The molecule has 0 saturated carbocycles. The molecule has 0 aliphatic rings. The highest BCUT2D eigenvalue weighted by atomic mass is 32.2. The number of amides is 1. The second-order valence-electron chi connectivity index (χ2n) is 6.71. The summed E-state index contributed by atoms with van der Waals surface area (Å²) in [5.41, 5.74) is 1.72. The Bertz CT molecular complexity index is 1110. The van der Waals surface area contributed by atoms with Gasteiger partial charge in [-0.1, -0.05) is 30.0 Å². The summed E-state index contributed by atoms with van der Waals surface area (Å²) < 4.78 is 12.8. The molecular formula is C23H22N4O3S. The maximum atomic E-state index is 12.2. The highest BCUT2D eigenvalue weighted by Gasteiger charge is 2.16. The summed E-state index contributed by atoms with van der Waals surface area (Å²) in [6.07, 6.45) is 2.01. The van der Waals surface area contributed by atoms with Crippen LogP contribution in [-0.4, -0.2) is 33.5 Å². The minimum Gasteiger partial charge on any atom is -0.497 e. The van der Waals surface area contributed by atoms with Crippen LogP contribution < -0.4 is 10.1 Å². The van der Waals surface area contributed by atoms with Crippen molar-refractivity contribution in [2.75, 3.05) is 18.2 Å². The Hall–Kier alpha value is -3.52. The van der Waals surface area contributed by atoms with Gasteiger partial charge in [-0.25, -0.2) is 0 Å². The molecule has 158 valence electrons. The quantitative estimate of drug-likeness (QED) is 0.384. The molecule has 0 spiro atoms. The number of carbonyl (C=O) groups excluding carboxylic acids is 1. The van der Waals surface area contributed by atoms with Crippen LogP contribution in [0.15, 0.2) is 82.6 Å². The zero-order valence-electron chi connectivity index (χ0n) is 17.0. The summed E-state index contributed by atoms with van der Waals surface area (Å²) in [6, 6.07) is 20.9. The van der Waals surface area contributed by atoms with E-state index in [0.717, 1.165) is 33.7 Å². The van der Waals surface area contributed by atoms with Crippen molar-refractivity contribution in [1.82, 2.24) is 14.8 Å². The van der Waals surface area contributed by atoms with Crippen LogP contribution in [0.4, 0.5) is 5.69 Å². The minimum absolute atomic E-state index is 0.0359. The molecule has 0 unspecified atom stereocenters. The largest absolute Gasteiger partial charge is 0.497 e. The van der Waals surface area contributed by atoms with Crippen molar-refractivity contribution in [1.29, 1.82) is 0 Å². The molecule has 0 atom stereocenters. The summed E-state index contributed by atoms with van der Waals surface area (Å²) in [6.45, 7) is 0.500. The van der Waals surface area contributed by atoms with E-state index in [1.807, 2.05) is 71.3 Å². The molecule has 1 N–H and O–H groups in total. The first kappa shape index (κ1) is 20.7. The van der Waals surface area contributed by atoms with Gasteiger partial charge in [-0.15, -0.1) is 10.2 Å². The molecule has 0 aliphatic carbocycles. The van der Waals surface area contributed by atoms with E-state index < -0.39 is 0 Å². The second kappa shape index (κ2) is 9.99. The van der Waals surface area contributed by atoms with E-state index in [1.165, 1.54) is 11.8 Å². The van der Waals surface area contributed by atoms with E-state index in [4.69, 9.17) is 9.15 Å². The molecule has 0 saturated heterocycles. The van der Waals surface area contributed by atoms with E-state index in [2.05, 4.69) is 15.5 Å². The fourth-order valence-electron chi connectivity index (χ4n) is 3.03. The Balaban J connectivity index is 1.47. The van der Waals surface area contributed by atoms with Gasteiger partial charge in [0.15, 0.2) is 11.0 Å². The van der Waals surface area contributed by atoms with Gasteiger partial charge in [-0.2, -0.15) is 0 Å². The first-order valence-corrected chi connectivity index (χ1v) is 10.8. The predicted octanol–water partition coefficient (Wildman–Crippen LogP) is 4.72. The number of para-hydroxylation sites is 1. The number of hydrogen-bond acceptors (Lipinski definition) is 6. The number of aromatic nitrogens is 3. The predicted molar refractivity (Wildman–Crippen MR) is 120 cm³/mol. The second-order valence-corrected chi connectivity index (χ2v) is 7.77. The normalized spacial score (nSPS) is 10.7. The smallest absolute Gasteiger partial charge is 0.225 e. The molecule has 8 heteroatoms. The average molecular weight is 435 g/mol. The number of ether oxygens (including phenoxy) is 1. The Morgan fingerprint density at radius 2 is 1.87 bits per heavy atom. The van der Waals surface area contributed by atoms with Gasteiger partial charge in [0.1, 0.15) is 11.5 Å². The Labute approximate surface area is 184 Å². The summed E-state index contributed by atoms with van der Waals surface area (Å²) in [7, 11) is 1.64. The number of nitrogens with zero attached hydrogens (tertiary/aromatic N) is 3. The lowest BCUT2D eigenvalue weighted by atomic mass is 10.2. The van der Waals surface area contributed by atoms with Crippen molar-refractivity contribution in [2.45, 2.75) is 18.1 Å². The van der Waals surface area contributed by atoms with Crippen molar-refractivity contribution in [3.8, 4) is 17.1 Å². The van der Waals surface area contributed by atoms with E-state index in [-0.39, 0.29) is 5.91 Å². The van der Waals surface area contributed by atoms with Crippen LogP contribution in [0.5, 0.6) is 5.75 Å². The van der Waals surface area contributed by atoms with E-state index >= 15 is 0 Å². The standard InChI is InChI=1S/C23H22N4O3S/c1-29-19-11-9-17(10-12-19)22-25-26-23(27(22)16-20-8-5-14-30-20)31-15-13-21(28)24-18-6-3-2-4-7-18/h2-12,14H,13,15-16H2,1H3,(H,24,28). The van der Waals surface area contributed by atoms with Crippen LogP contribution >= 0.6 is 11.8 Å². The molecular weight excluding hydrogens is 412 g/mol. The third-order valence-corrected chi connectivity index (χ3v) is 5.55. The molecule has 0 radical (unpaired) electrons. The van der Waals surface area contributed by atoms with Crippen LogP contribution in [0.3, 0.4) is 0 Å². The van der Waals surface area contributed by atoms with Gasteiger partial charge in [-0.3, -0.25) is 9.36 Å². The van der Waals surface area contributed by atoms with E-state index in [0.29, 0.717) is 18.7 Å². The molecule has 4 aromatic rings. The number of thioether (sulfide) groups is 1. The Morgan fingerprint density at radius 1 is 1.06 bits per heavy atom. The maximum Gasteiger partial charge on any atom is 0.225 e. The number of furan rings is 1. The van der Waals surface area contributed by atoms with Crippen LogP contribution in [0.1, 0.15) is 12.2 Å². The van der Waals surface area contributed by atoms with E-state index in [1.54, 1.807) is 13.4 Å². The first-order valence-electron chi connectivity index (χ1n) is 9.80. The molecule has 1 amide bonds. The lowest BCUT2D eigenvalue weighted by molar-refractivity contribution is -0.115. The maximum absolute atomic E-state index is 12.2. The van der Waals surface area contributed by atoms with Gasteiger partial charge in [0, 0.05) is 23.4 Å². The summed E-state index contributed by atoms with van der Waals surface area (Å²) in [5.74, 6) is 2.86. The van der Waals surface area contributed by atoms with Crippen LogP contribution in [0, 0.1) is 0 Å². The molecule has 0 bridgehead atoms. The van der Waals surface area contributed by atoms with Crippen molar-refractivity contribution in [3.05, 3.63) is 78.8 Å². The van der Waals surface area contributed by atoms with Gasteiger partial charge >= 0.3 is 0 Å². The number of anilines is 1. The molecule has 2 aromatic heterocycles. The van der Waals surface area contributed by atoms with Gasteiger partial charge < -0.3 is 14.5 Å². The third kappa shape index (κ3) is 5.35. The van der Waals surface area contributed by atoms with Gasteiger partial charge in [0.25, 0.3) is 0 Å². The lowest BCUT2D eigenvalue weighted by Gasteiger charge is -2.09. The monoisotopic (exact) mass is 434 g/mol. The molecule has 31 heavy (non-hydrogen) atoms. The van der Waals surface area contributed by atoms with Gasteiger partial charge in [-0.05, 0) is 48.5 Å². The molecule has 2 aromatic carbocycles. The summed E-state index contributed by atoms with van der Waals surface area (Å²) in [4.78, 5) is 12.2. The number of rotatable bonds is 9. The number of methoxy groups -OCH3 is 1. The Kier molecular flexibility index (Phi) is 6.68. The Morgan fingerprint density at radius 3 is 2.58 bits per heavy atom. The zero-order valence-corrected chi connectivity index (χ0v) is 17.8. The van der Waals surface area contributed by atoms with Crippen molar-refractivity contribution >= 4 is 23.4 Å². The number of carbonyl (C=O) groups is 1. The number of nitrogens with one attached hydrogen (secondary N) is 1. The number of benzene rings is 2. The topological polar surface area (TPSA) is 82.2 Å². The fourth-order valence-corrected chi connectivity index (χ4v) is 3.91. The lowest BCUT2D eigenvalue weighted by Crippen LogP contribution is -2.12. The van der Waals surface area contributed by atoms with Crippen LogP contribution in [0.25, 0.3) is 11.4 Å². The molecule has 7 nitrogen and oxygen atoms in total. The highest BCUT2D eigenvalue weighted by Crippen LogP contribution is 2.27. The van der Waals surface area contributed by atoms with Crippen molar-refractivity contribution in [3.63, 3.8) is 0 Å². The van der Waals surface area contributed by atoms with Gasteiger partial charge in [0.05, 0.1) is 19.9 Å². The zero-order chi connectivity index (χ0) is 21.5. The molecule has 0 aliphatic heterocycles. The summed E-state index contributed by atoms with van der Waals surface area (Å²) >= 11 is 1.49. The SMILES string of the molecule is COc1ccc(-c2nnc(SCCC(=O)Nc3ccccc3)n2Cc2ccco2)cc1. The molecule has 4 rings (SSSR count). The third-order valence-electron chi connectivity index (χ3n) is 4.58. The molecule has 2 heterocycles. The van der Waals surface area contributed by atoms with Crippen LogP contribution in [-0.2, 0) is 11.3 Å². The van der Waals surface area contributed by atoms with Crippen molar-refractivity contribution in [2.24, 2.45) is 0 Å². The average Bonchev–Trinajstić information content (AvgIpc) is 3.45.